The summed E-state index contributed by atoms with van der Waals surface area (Å²) in [5.41, 5.74) is 6.29. The molecule has 21 heavy (non-hydrogen) atoms. The number of nitrogens with one attached hydrogen (secondary N) is 2. The Kier molecular flexibility index (Phi) is 4.89. The lowest BCUT2D eigenvalue weighted by atomic mass is 10.2. The number of anilines is 2. The fourth-order valence-electron chi connectivity index (χ4n) is 1.45. The molecule has 0 aliphatic carbocycles. The van der Waals surface area contributed by atoms with E-state index in [4.69, 9.17) is 11.0 Å². The number of thiazole rings is 1. The number of rotatable bonds is 2. The monoisotopic (exact) mass is 297 g/mol. The molecule has 2 aromatic rings. The molecule has 104 valence electrons. The van der Waals surface area contributed by atoms with Gasteiger partial charge in [-0.05, 0) is 18.2 Å². The Balaban J connectivity index is 1.98. The number of hydrogen-bond acceptors (Lipinski definition) is 5. The number of hydrogen-bond donors (Lipinski definition) is 3. The maximum Gasteiger partial charge on any atom is 0.325 e. The average Bonchev–Trinajstić information content (AvgIpc) is 2.92. The van der Waals surface area contributed by atoms with E-state index in [0.29, 0.717) is 16.4 Å². The highest BCUT2D eigenvalue weighted by Gasteiger charge is 2.06. The van der Waals surface area contributed by atoms with Crippen LogP contribution < -0.4 is 16.4 Å². The Labute approximate surface area is 125 Å². The van der Waals surface area contributed by atoms with E-state index in [0.717, 1.165) is 4.88 Å². The van der Waals surface area contributed by atoms with Crippen LogP contribution >= 0.6 is 11.3 Å². The van der Waals surface area contributed by atoms with Gasteiger partial charge in [-0.15, -0.1) is 0 Å². The molecule has 0 saturated heterocycles. The molecule has 0 saturated carbocycles. The number of amides is 2. The molecule has 0 radical (unpaired) electrons. The minimum Gasteiger partial charge on any atom is -0.320 e. The summed E-state index contributed by atoms with van der Waals surface area (Å²) in [4.78, 5) is 16.6. The van der Waals surface area contributed by atoms with Crippen LogP contribution in [0.4, 0.5) is 15.6 Å². The summed E-state index contributed by atoms with van der Waals surface area (Å²) in [6.07, 6.45) is 1.57. The van der Waals surface area contributed by atoms with Crippen LogP contribution in [0.3, 0.4) is 0 Å². The van der Waals surface area contributed by atoms with Gasteiger partial charge in [0.1, 0.15) is 0 Å². The quantitative estimate of drug-likeness (QED) is 0.737. The number of nitrogens with two attached hydrogens (primary N) is 1. The van der Waals surface area contributed by atoms with Gasteiger partial charge in [0.25, 0.3) is 0 Å². The molecular formula is C14H11N5OS. The summed E-state index contributed by atoms with van der Waals surface area (Å²) in [6, 6.07) is 8.20. The largest absolute Gasteiger partial charge is 0.325 e. The van der Waals surface area contributed by atoms with Crippen molar-refractivity contribution in [2.75, 3.05) is 17.2 Å². The average molecular weight is 297 g/mol. The van der Waals surface area contributed by atoms with E-state index in [-0.39, 0.29) is 6.54 Å². The topological polar surface area (TPSA) is 104 Å². The van der Waals surface area contributed by atoms with E-state index < -0.39 is 6.03 Å². The van der Waals surface area contributed by atoms with Crippen molar-refractivity contribution in [2.24, 2.45) is 5.73 Å². The Hall–Kier alpha value is -2.87. The summed E-state index contributed by atoms with van der Waals surface area (Å²) < 4.78 is 0. The predicted molar refractivity (Wildman–Crippen MR) is 81.8 cm³/mol. The van der Waals surface area contributed by atoms with Gasteiger partial charge in [0.15, 0.2) is 5.13 Å². The molecule has 0 unspecified atom stereocenters. The second-order valence-corrected chi connectivity index (χ2v) is 4.84. The minimum absolute atomic E-state index is 0.274. The third kappa shape index (κ3) is 4.32. The zero-order chi connectivity index (χ0) is 15.1. The van der Waals surface area contributed by atoms with E-state index in [1.54, 1.807) is 30.5 Å². The lowest BCUT2D eigenvalue weighted by Gasteiger charge is -2.05. The van der Waals surface area contributed by atoms with Crippen molar-refractivity contribution in [2.45, 2.75) is 0 Å². The van der Waals surface area contributed by atoms with Crippen LogP contribution in [0, 0.1) is 23.2 Å². The van der Waals surface area contributed by atoms with Gasteiger partial charge in [-0.1, -0.05) is 29.2 Å². The van der Waals surface area contributed by atoms with Crippen molar-refractivity contribution in [3.63, 3.8) is 0 Å². The summed E-state index contributed by atoms with van der Waals surface area (Å²) >= 11 is 1.25. The Morgan fingerprint density at radius 2 is 2.29 bits per heavy atom. The maximum atomic E-state index is 11.8. The molecule has 0 aliphatic heterocycles. The SMILES string of the molecule is N#Cc1cccc(NC(=O)Nc2ncc(C#CCN)s2)c1. The lowest BCUT2D eigenvalue weighted by Crippen LogP contribution is -2.19. The summed E-state index contributed by atoms with van der Waals surface area (Å²) in [5.74, 6) is 5.55. The number of aromatic nitrogens is 1. The van der Waals surface area contributed by atoms with E-state index in [2.05, 4.69) is 27.5 Å². The summed E-state index contributed by atoms with van der Waals surface area (Å²) in [6.45, 7) is 0.274. The van der Waals surface area contributed by atoms with E-state index in [1.165, 1.54) is 11.3 Å². The Morgan fingerprint density at radius 3 is 3.05 bits per heavy atom. The number of carbonyl (C=O) groups excluding carboxylic acids is 1. The summed E-state index contributed by atoms with van der Waals surface area (Å²) in [5, 5.41) is 14.5. The van der Waals surface area contributed by atoms with Crippen LogP contribution in [-0.4, -0.2) is 17.6 Å². The highest BCUT2D eigenvalue weighted by atomic mass is 32.1. The van der Waals surface area contributed by atoms with Crippen LogP contribution in [0.5, 0.6) is 0 Å². The van der Waals surface area contributed by atoms with Crippen molar-refractivity contribution < 1.29 is 4.79 Å². The number of nitrogens with zero attached hydrogens (tertiary/aromatic N) is 2. The molecule has 4 N–H and O–H groups in total. The van der Waals surface area contributed by atoms with Gasteiger partial charge in [-0.25, -0.2) is 9.78 Å². The van der Waals surface area contributed by atoms with Gasteiger partial charge in [0.2, 0.25) is 0 Å². The first kappa shape index (κ1) is 14.5. The van der Waals surface area contributed by atoms with Gasteiger partial charge in [-0.3, -0.25) is 5.32 Å². The first-order valence-corrected chi connectivity index (χ1v) is 6.76. The Bertz CT molecular complexity index is 750. The van der Waals surface area contributed by atoms with E-state index in [1.807, 2.05) is 6.07 Å². The highest BCUT2D eigenvalue weighted by Crippen LogP contribution is 2.17. The van der Waals surface area contributed by atoms with Crippen LogP contribution in [0.2, 0.25) is 0 Å². The van der Waals surface area contributed by atoms with Gasteiger partial charge in [0.05, 0.1) is 29.3 Å². The smallest absolute Gasteiger partial charge is 0.320 e. The molecule has 0 atom stereocenters. The van der Waals surface area contributed by atoms with Crippen molar-refractivity contribution in [3.8, 4) is 17.9 Å². The van der Waals surface area contributed by atoms with Crippen molar-refractivity contribution >= 4 is 28.2 Å². The number of nitriles is 1. The predicted octanol–water partition coefficient (Wildman–Crippen LogP) is 1.97. The second-order valence-electron chi connectivity index (χ2n) is 3.81. The fraction of sp³-hybridized carbons (Fsp3) is 0.0714. The van der Waals surface area contributed by atoms with Crippen LogP contribution in [0.1, 0.15) is 10.4 Å². The van der Waals surface area contributed by atoms with Gasteiger partial charge >= 0.3 is 6.03 Å². The van der Waals surface area contributed by atoms with Gasteiger partial charge in [-0.2, -0.15) is 5.26 Å². The van der Waals surface area contributed by atoms with Gasteiger partial charge < -0.3 is 11.1 Å². The molecule has 7 heteroatoms. The van der Waals surface area contributed by atoms with Crippen LogP contribution in [0.25, 0.3) is 0 Å². The molecule has 2 rings (SSSR count). The number of benzene rings is 1. The van der Waals surface area contributed by atoms with Crippen molar-refractivity contribution in [3.05, 3.63) is 40.9 Å². The first-order chi connectivity index (χ1) is 10.2. The third-order valence-corrected chi connectivity index (χ3v) is 3.12. The molecule has 1 aromatic carbocycles. The second kappa shape index (κ2) is 7.06. The number of carbonyl (C=O) groups is 1. The molecule has 1 aromatic heterocycles. The third-order valence-electron chi connectivity index (χ3n) is 2.29. The normalized spacial score (nSPS) is 9.14. The zero-order valence-corrected chi connectivity index (χ0v) is 11.7. The maximum absolute atomic E-state index is 11.8. The minimum atomic E-state index is -0.433. The van der Waals surface area contributed by atoms with Crippen LogP contribution in [0.15, 0.2) is 30.5 Å². The lowest BCUT2D eigenvalue weighted by molar-refractivity contribution is 0.262. The number of urea groups is 1. The molecule has 0 fully saturated rings. The molecule has 0 bridgehead atoms. The van der Waals surface area contributed by atoms with Gasteiger partial charge in [0, 0.05) is 5.69 Å². The van der Waals surface area contributed by atoms with Crippen molar-refractivity contribution in [1.29, 1.82) is 5.26 Å². The van der Waals surface area contributed by atoms with Crippen LogP contribution in [-0.2, 0) is 0 Å². The molecule has 0 spiro atoms. The molecule has 2 amide bonds. The Morgan fingerprint density at radius 1 is 1.43 bits per heavy atom. The summed E-state index contributed by atoms with van der Waals surface area (Å²) in [7, 11) is 0. The molecular weight excluding hydrogens is 286 g/mol. The zero-order valence-electron chi connectivity index (χ0n) is 10.9. The van der Waals surface area contributed by atoms with E-state index >= 15 is 0 Å². The van der Waals surface area contributed by atoms with E-state index in [9.17, 15) is 4.79 Å². The standard InChI is InChI=1S/C14H11N5OS/c15-6-2-5-12-9-17-14(21-12)19-13(20)18-11-4-1-3-10(7-11)8-16/h1,3-4,7,9H,6,15H2,(H2,17,18,19,20). The molecule has 6 nitrogen and oxygen atoms in total. The molecule has 0 aliphatic rings. The van der Waals surface area contributed by atoms with Crippen molar-refractivity contribution in [1.82, 2.24) is 4.98 Å². The molecule has 1 heterocycles. The first-order valence-electron chi connectivity index (χ1n) is 5.94. The fourth-order valence-corrected chi connectivity index (χ4v) is 2.14. The highest BCUT2D eigenvalue weighted by molar-refractivity contribution is 7.16.